The van der Waals surface area contributed by atoms with Crippen molar-refractivity contribution in [3.63, 3.8) is 0 Å². The third-order valence-electron chi connectivity index (χ3n) is 5.08. The first-order valence-corrected chi connectivity index (χ1v) is 12.0. The molecular formula is C22H33BN2O6S. The summed E-state index contributed by atoms with van der Waals surface area (Å²) in [5, 5.41) is 21.1. The lowest BCUT2D eigenvalue weighted by Gasteiger charge is -2.30. The Labute approximate surface area is 191 Å². The molecule has 0 aliphatic carbocycles. The molecular weight excluding hydrogens is 431 g/mol. The first kappa shape index (κ1) is 26.1. The molecule has 2 atom stereocenters. The van der Waals surface area contributed by atoms with Crippen LogP contribution in [0.3, 0.4) is 0 Å². The van der Waals surface area contributed by atoms with E-state index in [1.54, 1.807) is 0 Å². The minimum Gasteiger partial charge on any atom is -0.504 e. The highest BCUT2D eigenvalue weighted by molar-refractivity contribution is 7.89. The molecule has 0 radical (unpaired) electrons. The van der Waals surface area contributed by atoms with Crippen LogP contribution in [0.2, 0.25) is 5.82 Å². The van der Waals surface area contributed by atoms with Gasteiger partial charge < -0.3 is 25.3 Å². The van der Waals surface area contributed by atoms with Crippen LogP contribution in [0, 0.1) is 5.92 Å². The van der Waals surface area contributed by atoms with Crippen LogP contribution in [0.4, 0.5) is 0 Å². The van der Waals surface area contributed by atoms with Gasteiger partial charge in [0.2, 0.25) is 10.0 Å². The van der Waals surface area contributed by atoms with Gasteiger partial charge in [0.15, 0.2) is 11.5 Å². The minimum absolute atomic E-state index is 0.0111. The zero-order valence-electron chi connectivity index (χ0n) is 18.8. The zero-order chi connectivity index (χ0) is 23.7. The van der Waals surface area contributed by atoms with Gasteiger partial charge in [-0.3, -0.25) is 0 Å². The van der Waals surface area contributed by atoms with E-state index in [0.717, 1.165) is 11.6 Å². The van der Waals surface area contributed by atoms with Crippen molar-refractivity contribution in [3.8, 4) is 11.5 Å². The van der Waals surface area contributed by atoms with Crippen LogP contribution in [-0.4, -0.2) is 63.5 Å². The SMILES string of the molecule is COc1ccc(S(=O)(=O)N(CC(C)C)C[C@@H](O)[C@@H](BOCN)Cc2ccccc2)cc1O. The average Bonchev–Trinajstić information content (AvgIpc) is 2.76. The summed E-state index contributed by atoms with van der Waals surface area (Å²) < 4.78 is 38.3. The van der Waals surface area contributed by atoms with Gasteiger partial charge in [0.1, 0.15) is 0 Å². The van der Waals surface area contributed by atoms with Gasteiger partial charge in [-0.15, -0.1) is 0 Å². The molecule has 0 bridgehead atoms. The minimum atomic E-state index is -3.97. The summed E-state index contributed by atoms with van der Waals surface area (Å²) in [6, 6.07) is 13.6. The van der Waals surface area contributed by atoms with Crippen LogP contribution in [0.5, 0.6) is 11.5 Å². The van der Waals surface area contributed by atoms with Crippen LogP contribution in [0.1, 0.15) is 19.4 Å². The molecule has 8 nitrogen and oxygen atoms in total. The topological polar surface area (TPSA) is 122 Å². The number of hydrogen-bond donors (Lipinski definition) is 3. The highest BCUT2D eigenvalue weighted by atomic mass is 32.2. The molecule has 176 valence electrons. The van der Waals surface area contributed by atoms with E-state index in [4.69, 9.17) is 15.1 Å². The number of nitrogens with zero attached hydrogens (tertiary/aromatic N) is 1. The summed E-state index contributed by atoms with van der Waals surface area (Å²) >= 11 is 0. The number of phenols is 1. The Morgan fingerprint density at radius 3 is 2.38 bits per heavy atom. The Morgan fingerprint density at radius 2 is 1.81 bits per heavy atom. The molecule has 0 aliphatic heterocycles. The van der Waals surface area contributed by atoms with E-state index in [9.17, 15) is 18.6 Å². The molecule has 2 aromatic carbocycles. The molecule has 32 heavy (non-hydrogen) atoms. The number of sulfonamides is 1. The van der Waals surface area contributed by atoms with E-state index >= 15 is 0 Å². The van der Waals surface area contributed by atoms with E-state index in [1.165, 1.54) is 23.5 Å². The Morgan fingerprint density at radius 1 is 1.12 bits per heavy atom. The van der Waals surface area contributed by atoms with Crippen LogP contribution in [0.15, 0.2) is 53.4 Å². The fraction of sp³-hybridized carbons (Fsp3) is 0.455. The number of rotatable bonds is 13. The molecule has 0 aliphatic rings. The second kappa shape index (κ2) is 12.2. The van der Waals surface area contributed by atoms with Gasteiger partial charge in [0.25, 0.3) is 7.48 Å². The van der Waals surface area contributed by atoms with Crippen LogP contribution in [0.25, 0.3) is 0 Å². The van der Waals surface area contributed by atoms with Crippen molar-refractivity contribution >= 4 is 17.5 Å². The van der Waals surface area contributed by atoms with Gasteiger partial charge in [-0.2, -0.15) is 4.31 Å². The van der Waals surface area contributed by atoms with E-state index in [1.807, 2.05) is 44.2 Å². The lowest BCUT2D eigenvalue weighted by molar-refractivity contribution is 0.128. The van der Waals surface area contributed by atoms with Crippen molar-refractivity contribution in [1.29, 1.82) is 0 Å². The van der Waals surface area contributed by atoms with Gasteiger partial charge in [-0.05, 0) is 35.9 Å². The quantitative estimate of drug-likeness (QED) is 0.305. The van der Waals surface area contributed by atoms with Crippen molar-refractivity contribution in [1.82, 2.24) is 4.31 Å². The van der Waals surface area contributed by atoms with E-state index < -0.39 is 16.1 Å². The van der Waals surface area contributed by atoms with Gasteiger partial charge in [0.05, 0.1) is 24.8 Å². The van der Waals surface area contributed by atoms with E-state index in [0.29, 0.717) is 6.42 Å². The van der Waals surface area contributed by atoms with Crippen LogP contribution >= 0.6 is 0 Å². The number of ether oxygens (including phenoxy) is 1. The Bertz CT molecular complexity index is 943. The van der Waals surface area contributed by atoms with Crippen LogP contribution < -0.4 is 10.5 Å². The fourth-order valence-corrected chi connectivity index (χ4v) is 5.10. The predicted octanol–water partition coefficient (Wildman–Crippen LogP) is 1.72. The highest BCUT2D eigenvalue weighted by Gasteiger charge is 2.31. The second-order valence-corrected chi connectivity index (χ2v) is 10.0. The van der Waals surface area contributed by atoms with E-state index in [-0.39, 0.29) is 55.4 Å². The Hall–Kier alpha value is -2.11. The summed E-state index contributed by atoms with van der Waals surface area (Å²) in [6.07, 6.45) is -0.469. The maximum atomic E-state index is 13.4. The van der Waals surface area contributed by atoms with Gasteiger partial charge in [0, 0.05) is 19.2 Å². The van der Waals surface area contributed by atoms with Crippen molar-refractivity contribution in [3.05, 3.63) is 54.1 Å². The maximum Gasteiger partial charge on any atom is 0.282 e. The molecule has 0 aromatic heterocycles. The summed E-state index contributed by atoms with van der Waals surface area (Å²) in [5.74, 6) is -0.412. The first-order chi connectivity index (χ1) is 15.2. The molecule has 2 aromatic rings. The summed E-state index contributed by atoms with van der Waals surface area (Å²) in [5.41, 5.74) is 6.49. The monoisotopic (exact) mass is 464 g/mol. The fourth-order valence-electron chi connectivity index (χ4n) is 3.46. The van der Waals surface area contributed by atoms with Gasteiger partial charge in [-0.1, -0.05) is 44.2 Å². The lowest BCUT2D eigenvalue weighted by atomic mass is 9.72. The van der Waals surface area contributed by atoms with Gasteiger partial charge in [-0.25, -0.2) is 8.42 Å². The van der Waals surface area contributed by atoms with Crippen molar-refractivity contribution in [2.75, 3.05) is 26.9 Å². The standard InChI is InChI=1S/C22H33BN2O6S/c1-16(2)13-25(32(28,29)18-9-10-22(30-3)20(26)12-18)14-21(27)19(23-31-15-24)11-17-7-5-4-6-8-17/h4-10,12,16,19,21,23,26-27H,11,13-15,24H2,1-3H3/t19-,21+/m0/s1. The molecule has 10 heteroatoms. The maximum absolute atomic E-state index is 13.4. The third kappa shape index (κ3) is 7.21. The number of aliphatic hydroxyl groups is 1. The highest BCUT2D eigenvalue weighted by Crippen LogP contribution is 2.30. The van der Waals surface area contributed by atoms with E-state index in [2.05, 4.69) is 0 Å². The number of aromatic hydroxyl groups is 1. The molecule has 0 saturated carbocycles. The smallest absolute Gasteiger partial charge is 0.282 e. The second-order valence-electron chi connectivity index (χ2n) is 8.10. The Kier molecular flexibility index (Phi) is 9.99. The summed E-state index contributed by atoms with van der Waals surface area (Å²) in [7, 11) is -2.38. The molecule has 0 heterocycles. The number of methoxy groups -OCH3 is 1. The number of aliphatic hydroxyl groups excluding tert-OH is 1. The predicted molar refractivity (Wildman–Crippen MR) is 125 cm³/mol. The Balaban J connectivity index is 2.29. The first-order valence-electron chi connectivity index (χ1n) is 10.6. The van der Waals surface area contributed by atoms with Crippen molar-refractivity contribution in [2.45, 2.75) is 37.1 Å². The lowest BCUT2D eigenvalue weighted by Crippen LogP contribution is -2.42. The van der Waals surface area contributed by atoms with Crippen LogP contribution in [-0.2, 0) is 21.1 Å². The molecule has 0 fully saturated rings. The molecule has 4 N–H and O–H groups in total. The summed E-state index contributed by atoms with van der Waals surface area (Å²) in [4.78, 5) is -0.0681. The van der Waals surface area contributed by atoms with Crippen molar-refractivity contribution in [2.24, 2.45) is 11.7 Å². The zero-order valence-corrected chi connectivity index (χ0v) is 19.7. The normalized spacial score (nSPS) is 13.8. The average molecular weight is 464 g/mol. The molecule has 2 rings (SSSR count). The molecule has 0 spiro atoms. The molecule has 0 saturated heterocycles. The molecule has 0 unspecified atom stereocenters. The largest absolute Gasteiger partial charge is 0.504 e. The number of nitrogens with two attached hydrogens (primary N) is 1. The third-order valence-corrected chi connectivity index (χ3v) is 6.91. The van der Waals surface area contributed by atoms with Gasteiger partial charge >= 0.3 is 0 Å². The number of benzene rings is 2. The van der Waals surface area contributed by atoms with Crippen molar-refractivity contribution < 1.29 is 28.0 Å². The number of phenolic OH excluding ortho intramolecular Hbond substituents is 1. The number of hydrogen-bond acceptors (Lipinski definition) is 7. The summed E-state index contributed by atoms with van der Waals surface area (Å²) in [6.45, 7) is 3.91. The molecule has 0 amide bonds.